The smallest absolute Gasteiger partial charge is 0.290 e. The van der Waals surface area contributed by atoms with E-state index in [1.165, 1.54) is 17.4 Å². The molecule has 0 aliphatic carbocycles. The average Bonchev–Trinajstić information content (AvgIpc) is 3.26. The van der Waals surface area contributed by atoms with Gasteiger partial charge in [0.25, 0.3) is 5.91 Å². The van der Waals surface area contributed by atoms with Crippen molar-refractivity contribution in [1.82, 2.24) is 9.47 Å². The van der Waals surface area contributed by atoms with Crippen LogP contribution in [-0.4, -0.2) is 21.4 Å². The van der Waals surface area contributed by atoms with Crippen LogP contribution in [0.15, 0.2) is 65.4 Å². The molecule has 3 rings (SSSR count). The van der Waals surface area contributed by atoms with E-state index in [1.54, 1.807) is 12.1 Å². The van der Waals surface area contributed by atoms with Crippen molar-refractivity contribution >= 4 is 5.91 Å². The van der Waals surface area contributed by atoms with E-state index in [2.05, 4.69) is 48.0 Å². The lowest BCUT2D eigenvalue weighted by molar-refractivity contribution is 0.0653. The number of rotatable bonds is 6. The van der Waals surface area contributed by atoms with Crippen LogP contribution < -0.4 is 0 Å². The lowest BCUT2D eigenvalue weighted by Gasteiger charge is -2.26. The highest BCUT2D eigenvalue weighted by Crippen LogP contribution is 2.16. The molecule has 25 heavy (non-hydrogen) atoms. The van der Waals surface area contributed by atoms with Crippen LogP contribution in [0.25, 0.3) is 0 Å². The van der Waals surface area contributed by atoms with Gasteiger partial charge >= 0.3 is 0 Å². The molecular formula is C21H24N2O2. The van der Waals surface area contributed by atoms with E-state index < -0.39 is 0 Å². The van der Waals surface area contributed by atoms with Crippen LogP contribution in [0.3, 0.4) is 0 Å². The summed E-state index contributed by atoms with van der Waals surface area (Å²) in [5, 5.41) is 0. The number of furan rings is 1. The molecule has 0 aliphatic rings. The zero-order valence-corrected chi connectivity index (χ0v) is 15.0. The maximum atomic E-state index is 12.7. The SMILES string of the molecule is Cc1ccc(Cn2cccc2CN(C(=O)c2ccco2)C(C)C)cc1. The number of hydrogen-bond donors (Lipinski definition) is 0. The van der Waals surface area contributed by atoms with E-state index in [4.69, 9.17) is 4.42 Å². The summed E-state index contributed by atoms with van der Waals surface area (Å²) in [5.74, 6) is 0.299. The molecule has 0 unspecified atom stereocenters. The minimum absolute atomic E-state index is 0.0805. The first-order chi connectivity index (χ1) is 12.0. The summed E-state index contributed by atoms with van der Waals surface area (Å²) >= 11 is 0. The molecule has 3 aromatic rings. The Morgan fingerprint density at radius 2 is 1.88 bits per heavy atom. The molecular weight excluding hydrogens is 312 g/mol. The van der Waals surface area contributed by atoms with Crippen molar-refractivity contribution in [3.8, 4) is 0 Å². The molecule has 0 bridgehead atoms. The molecule has 4 nitrogen and oxygen atoms in total. The van der Waals surface area contributed by atoms with Crippen molar-refractivity contribution in [2.75, 3.05) is 0 Å². The van der Waals surface area contributed by atoms with Gasteiger partial charge in [-0.3, -0.25) is 4.79 Å². The fourth-order valence-corrected chi connectivity index (χ4v) is 2.84. The van der Waals surface area contributed by atoms with Crippen LogP contribution in [0, 0.1) is 6.92 Å². The summed E-state index contributed by atoms with van der Waals surface area (Å²) < 4.78 is 7.47. The highest BCUT2D eigenvalue weighted by atomic mass is 16.3. The number of aryl methyl sites for hydroxylation is 1. The Balaban J connectivity index is 1.78. The second kappa shape index (κ2) is 7.43. The summed E-state index contributed by atoms with van der Waals surface area (Å²) in [6.07, 6.45) is 3.59. The Kier molecular flexibility index (Phi) is 5.08. The highest BCUT2D eigenvalue weighted by molar-refractivity contribution is 5.91. The zero-order valence-electron chi connectivity index (χ0n) is 15.0. The standard InChI is InChI=1S/C21H24N2O2/c1-16(2)23(21(24)20-7-5-13-25-20)15-19-6-4-12-22(19)14-18-10-8-17(3)9-11-18/h4-13,16H,14-15H2,1-3H3. The Labute approximate surface area is 148 Å². The monoisotopic (exact) mass is 336 g/mol. The van der Waals surface area contributed by atoms with E-state index in [9.17, 15) is 4.79 Å². The summed E-state index contributed by atoms with van der Waals surface area (Å²) in [5.41, 5.74) is 3.61. The molecule has 0 saturated heterocycles. The molecule has 0 aliphatic heterocycles. The maximum Gasteiger partial charge on any atom is 0.290 e. The van der Waals surface area contributed by atoms with Crippen LogP contribution >= 0.6 is 0 Å². The van der Waals surface area contributed by atoms with Gasteiger partial charge in [-0.2, -0.15) is 0 Å². The first-order valence-electron chi connectivity index (χ1n) is 8.58. The van der Waals surface area contributed by atoms with Crippen molar-refractivity contribution in [1.29, 1.82) is 0 Å². The third-order valence-corrected chi connectivity index (χ3v) is 4.35. The Bertz CT molecular complexity index is 814. The van der Waals surface area contributed by atoms with Gasteiger partial charge in [-0.15, -0.1) is 0 Å². The van der Waals surface area contributed by atoms with Gasteiger partial charge in [-0.1, -0.05) is 29.8 Å². The third kappa shape index (κ3) is 4.02. The first kappa shape index (κ1) is 17.1. The largest absolute Gasteiger partial charge is 0.459 e. The predicted molar refractivity (Wildman–Crippen MR) is 98.4 cm³/mol. The van der Waals surface area contributed by atoms with Gasteiger partial charge in [-0.25, -0.2) is 0 Å². The van der Waals surface area contributed by atoms with Gasteiger partial charge in [0.05, 0.1) is 12.8 Å². The molecule has 0 fully saturated rings. The average molecular weight is 336 g/mol. The van der Waals surface area contributed by atoms with Gasteiger partial charge in [0.2, 0.25) is 0 Å². The minimum atomic E-state index is -0.0805. The second-order valence-electron chi connectivity index (χ2n) is 6.62. The Hall–Kier alpha value is -2.75. The van der Waals surface area contributed by atoms with Gasteiger partial charge in [0, 0.05) is 24.5 Å². The first-order valence-corrected chi connectivity index (χ1v) is 8.58. The van der Waals surface area contributed by atoms with Gasteiger partial charge in [0.15, 0.2) is 5.76 Å². The predicted octanol–water partition coefficient (Wildman–Crippen LogP) is 4.49. The van der Waals surface area contributed by atoms with E-state index in [-0.39, 0.29) is 11.9 Å². The van der Waals surface area contributed by atoms with E-state index >= 15 is 0 Å². The molecule has 0 N–H and O–H groups in total. The molecule has 1 aromatic carbocycles. The summed E-state index contributed by atoms with van der Waals surface area (Å²) in [7, 11) is 0. The molecule has 0 atom stereocenters. The lowest BCUT2D eigenvalue weighted by Crippen LogP contribution is -2.36. The summed E-state index contributed by atoms with van der Waals surface area (Å²) in [6.45, 7) is 7.48. The number of hydrogen-bond acceptors (Lipinski definition) is 2. The van der Waals surface area contributed by atoms with E-state index in [0.717, 1.165) is 12.2 Å². The quantitative estimate of drug-likeness (QED) is 0.665. The fraction of sp³-hybridized carbons (Fsp3) is 0.286. The maximum absolute atomic E-state index is 12.7. The van der Waals surface area contributed by atoms with Crippen molar-refractivity contribution in [3.05, 3.63) is 83.6 Å². The van der Waals surface area contributed by atoms with Crippen LogP contribution in [0.1, 0.15) is 41.2 Å². The topological polar surface area (TPSA) is 38.4 Å². The number of benzene rings is 1. The van der Waals surface area contributed by atoms with Crippen molar-refractivity contribution < 1.29 is 9.21 Å². The summed E-state index contributed by atoms with van der Waals surface area (Å²) in [4.78, 5) is 14.5. The minimum Gasteiger partial charge on any atom is -0.459 e. The number of carbonyl (C=O) groups is 1. The molecule has 0 saturated carbocycles. The molecule has 1 amide bonds. The van der Waals surface area contributed by atoms with Crippen molar-refractivity contribution in [3.63, 3.8) is 0 Å². The van der Waals surface area contributed by atoms with Crippen molar-refractivity contribution in [2.45, 2.75) is 39.9 Å². The van der Waals surface area contributed by atoms with E-state index in [1.807, 2.05) is 24.8 Å². The molecule has 0 spiro atoms. The molecule has 0 radical (unpaired) electrons. The number of aromatic nitrogens is 1. The number of amides is 1. The Morgan fingerprint density at radius 1 is 1.12 bits per heavy atom. The van der Waals surface area contributed by atoms with Gasteiger partial charge in [0.1, 0.15) is 0 Å². The molecule has 2 heterocycles. The lowest BCUT2D eigenvalue weighted by atomic mass is 10.1. The van der Waals surface area contributed by atoms with Crippen LogP contribution in [0.2, 0.25) is 0 Å². The third-order valence-electron chi connectivity index (χ3n) is 4.35. The van der Waals surface area contributed by atoms with Gasteiger partial charge in [-0.05, 0) is 50.6 Å². The second-order valence-corrected chi connectivity index (χ2v) is 6.62. The Morgan fingerprint density at radius 3 is 2.52 bits per heavy atom. The zero-order chi connectivity index (χ0) is 17.8. The number of nitrogens with zero attached hydrogens (tertiary/aromatic N) is 2. The van der Waals surface area contributed by atoms with Gasteiger partial charge < -0.3 is 13.9 Å². The van der Waals surface area contributed by atoms with Crippen molar-refractivity contribution in [2.24, 2.45) is 0 Å². The number of carbonyl (C=O) groups excluding carboxylic acids is 1. The van der Waals surface area contributed by atoms with Crippen LogP contribution in [0.4, 0.5) is 0 Å². The highest BCUT2D eigenvalue weighted by Gasteiger charge is 2.22. The molecule has 2 aromatic heterocycles. The molecule has 130 valence electrons. The fourth-order valence-electron chi connectivity index (χ4n) is 2.84. The van der Waals surface area contributed by atoms with Crippen LogP contribution in [-0.2, 0) is 13.1 Å². The van der Waals surface area contributed by atoms with Crippen LogP contribution in [0.5, 0.6) is 0 Å². The van der Waals surface area contributed by atoms with E-state index in [0.29, 0.717) is 12.3 Å². The summed E-state index contributed by atoms with van der Waals surface area (Å²) in [6, 6.07) is 16.2. The molecule has 4 heteroatoms. The normalized spacial score (nSPS) is 11.0.